The molecule has 7 nitrogen and oxygen atoms in total. The van der Waals surface area contributed by atoms with Crippen molar-refractivity contribution in [2.75, 3.05) is 25.6 Å². The molecule has 1 aromatic heterocycles. The van der Waals surface area contributed by atoms with E-state index in [4.69, 9.17) is 4.74 Å². The monoisotopic (exact) mass is 408 g/mol. The summed E-state index contributed by atoms with van der Waals surface area (Å²) in [7, 11) is 1.54. The number of methoxy groups -OCH3 is 1. The van der Waals surface area contributed by atoms with Crippen molar-refractivity contribution >= 4 is 29.0 Å². The third kappa shape index (κ3) is 6.28. The highest BCUT2D eigenvalue weighted by molar-refractivity contribution is 7.09. The molecule has 0 bridgehead atoms. The highest BCUT2D eigenvalue weighted by atomic mass is 32.1. The number of nitrogens with one attached hydrogen (secondary N) is 2. The number of carbonyl (C=O) groups excluding carboxylic acids is 2. The van der Waals surface area contributed by atoms with Gasteiger partial charge in [-0.15, -0.1) is 11.3 Å². The summed E-state index contributed by atoms with van der Waals surface area (Å²) in [4.78, 5) is 30.6. The van der Waals surface area contributed by atoms with Crippen LogP contribution in [-0.4, -0.2) is 48.1 Å². The average molecular weight is 408 g/mol. The number of anilines is 1. The van der Waals surface area contributed by atoms with Gasteiger partial charge in [-0.25, -0.2) is 14.2 Å². The molecule has 9 heteroatoms. The number of hydrogen-bond donors (Lipinski definition) is 2. The minimum Gasteiger partial charge on any atom is -0.383 e. The Morgan fingerprint density at radius 1 is 1.36 bits per heavy atom. The van der Waals surface area contributed by atoms with Gasteiger partial charge in [-0.2, -0.15) is 0 Å². The Kier molecular flexibility index (Phi) is 8.34. The van der Waals surface area contributed by atoms with Gasteiger partial charge >= 0.3 is 6.03 Å². The van der Waals surface area contributed by atoms with Gasteiger partial charge in [0.15, 0.2) is 0 Å². The highest BCUT2D eigenvalue weighted by Gasteiger charge is 2.19. The van der Waals surface area contributed by atoms with Crippen LogP contribution in [0.25, 0.3) is 0 Å². The van der Waals surface area contributed by atoms with Crippen LogP contribution in [0.5, 0.6) is 0 Å². The summed E-state index contributed by atoms with van der Waals surface area (Å²) >= 11 is 1.29. The maximum Gasteiger partial charge on any atom is 0.322 e. The van der Waals surface area contributed by atoms with Crippen LogP contribution < -0.4 is 10.6 Å². The number of nitrogens with zero attached hydrogens (tertiary/aromatic N) is 2. The molecule has 0 aliphatic rings. The largest absolute Gasteiger partial charge is 0.383 e. The second-order valence-electron chi connectivity index (χ2n) is 6.23. The first-order valence-electron chi connectivity index (χ1n) is 8.99. The zero-order valence-electron chi connectivity index (χ0n) is 16.2. The smallest absolute Gasteiger partial charge is 0.322 e. The van der Waals surface area contributed by atoms with Crippen LogP contribution >= 0.6 is 11.3 Å². The van der Waals surface area contributed by atoms with E-state index >= 15 is 0 Å². The van der Waals surface area contributed by atoms with Crippen LogP contribution in [0.1, 0.15) is 35.8 Å². The summed E-state index contributed by atoms with van der Waals surface area (Å²) in [6.07, 6.45) is 0.823. The molecule has 2 N–H and O–H groups in total. The fourth-order valence-corrected chi connectivity index (χ4v) is 3.05. The van der Waals surface area contributed by atoms with E-state index in [1.165, 1.54) is 35.5 Å². The number of benzene rings is 1. The molecule has 0 radical (unpaired) electrons. The van der Waals surface area contributed by atoms with Crippen molar-refractivity contribution in [2.45, 2.75) is 32.9 Å². The number of thiazole rings is 1. The van der Waals surface area contributed by atoms with Crippen molar-refractivity contribution in [3.05, 3.63) is 46.2 Å². The van der Waals surface area contributed by atoms with Gasteiger partial charge in [0.25, 0.3) is 5.91 Å². The number of rotatable bonds is 9. The third-order valence-electron chi connectivity index (χ3n) is 4.07. The Hall–Kier alpha value is -2.52. The number of carbonyl (C=O) groups is 2. The standard InChI is InChI=1S/C19H25FN4O3S/c1-4-13(2)21-18(25)16-12-28-17(22-16)11-24(9-10-27-3)19(26)23-15-8-6-5-7-14(15)20/h5-8,12-13H,4,9-11H2,1-3H3,(H,21,25)(H,23,26). The van der Waals surface area contributed by atoms with Gasteiger partial charge in [0.2, 0.25) is 0 Å². The molecular formula is C19H25FN4O3S. The highest BCUT2D eigenvalue weighted by Crippen LogP contribution is 2.16. The van der Waals surface area contributed by atoms with E-state index in [0.717, 1.165) is 6.42 Å². The number of ether oxygens (including phenoxy) is 1. The number of hydrogen-bond acceptors (Lipinski definition) is 5. The summed E-state index contributed by atoms with van der Waals surface area (Å²) in [5.74, 6) is -0.753. The molecule has 1 atom stereocenters. The van der Waals surface area contributed by atoms with E-state index in [-0.39, 0.29) is 24.2 Å². The second-order valence-corrected chi connectivity index (χ2v) is 7.18. The Morgan fingerprint density at radius 2 is 2.11 bits per heavy atom. The molecule has 0 saturated carbocycles. The second kappa shape index (κ2) is 10.7. The lowest BCUT2D eigenvalue weighted by Crippen LogP contribution is -2.37. The van der Waals surface area contributed by atoms with Crippen LogP contribution in [0.15, 0.2) is 29.6 Å². The fraction of sp³-hybridized carbons (Fsp3) is 0.421. The minimum atomic E-state index is -0.513. The Bertz CT molecular complexity index is 799. The summed E-state index contributed by atoms with van der Waals surface area (Å²) in [6.45, 7) is 4.71. The van der Waals surface area contributed by atoms with Gasteiger partial charge in [-0.3, -0.25) is 4.79 Å². The first-order chi connectivity index (χ1) is 13.4. The first-order valence-corrected chi connectivity index (χ1v) is 9.87. The topological polar surface area (TPSA) is 83.6 Å². The normalized spacial score (nSPS) is 11.7. The predicted octanol–water partition coefficient (Wildman–Crippen LogP) is 3.49. The molecule has 3 amide bonds. The summed E-state index contributed by atoms with van der Waals surface area (Å²) < 4.78 is 18.9. The van der Waals surface area contributed by atoms with Crippen LogP contribution in [-0.2, 0) is 11.3 Å². The summed E-state index contributed by atoms with van der Waals surface area (Å²) in [6, 6.07) is 5.54. The van der Waals surface area contributed by atoms with E-state index in [2.05, 4.69) is 15.6 Å². The zero-order chi connectivity index (χ0) is 20.5. The SMILES string of the molecule is CCC(C)NC(=O)c1csc(CN(CCOC)C(=O)Nc2ccccc2F)n1. The molecule has 0 aliphatic heterocycles. The van der Waals surface area contributed by atoms with Gasteiger partial charge in [0.1, 0.15) is 16.5 Å². The van der Waals surface area contributed by atoms with Crippen molar-refractivity contribution in [3.63, 3.8) is 0 Å². The number of para-hydroxylation sites is 1. The molecule has 152 valence electrons. The Morgan fingerprint density at radius 3 is 2.79 bits per heavy atom. The Labute approximate surface area is 167 Å². The van der Waals surface area contributed by atoms with E-state index in [1.54, 1.807) is 17.5 Å². The molecule has 28 heavy (non-hydrogen) atoms. The predicted molar refractivity (Wildman–Crippen MR) is 107 cm³/mol. The molecule has 1 aromatic carbocycles. The number of urea groups is 1. The molecular weight excluding hydrogens is 383 g/mol. The molecule has 1 heterocycles. The van der Waals surface area contributed by atoms with Crippen molar-refractivity contribution in [3.8, 4) is 0 Å². The van der Waals surface area contributed by atoms with Crippen molar-refractivity contribution in [1.82, 2.24) is 15.2 Å². The lowest BCUT2D eigenvalue weighted by molar-refractivity contribution is 0.0934. The molecule has 2 aromatic rings. The third-order valence-corrected chi connectivity index (χ3v) is 4.90. The fourth-order valence-electron chi connectivity index (χ4n) is 2.26. The maximum absolute atomic E-state index is 13.8. The quantitative estimate of drug-likeness (QED) is 0.665. The average Bonchev–Trinajstić information content (AvgIpc) is 3.15. The molecule has 0 fully saturated rings. The van der Waals surface area contributed by atoms with Crippen LogP contribution in [0.4, 0.5) is 14.9 Å². The van der Waals surface area contributed by atoms with Crippen LogP contribution in [0.3, 0.4) is 0 Å². The molecule has 2 rings (SSSR count). The Balaban J connectivity index is 2.06. The van der Waals surface area contributed by atoms with Crippen LogP contribution in [0, 0.1) is 5.82 Å². The minimum absolute atomic E-state index is 0.0578. The van der Waals surface area contributed by atoms with Crippen molar-refractivity contribution < 1.29 is 18.7 Å². The lowest BCUT2D eigenvalue weighted by Gasteiger charge is -2.22. The number of aromatic nitrogens is 1. The number of amides is 3. The van der Waals surface area contributed by atoms with Crippen molar-refractivity contribution in [2.24, 2.45) is 0 Å². The van der Waals surface area contributed by atoms with E-state index in [9.17, 15) is 14.0 Å². The molecule has 0 saturated heterocycles. The lowest BCUT2D eigenvalue weighted by atomic mass is 10.2. The van der Waals surface area contributed by atoms with E-state index in [0.29, 0.717) is 23.9 Å². The summed E-state index contributed by atoms with van der Waals surface area (Å²) in [5, 5.41) is 7.68. The van der Waals surface area contributed by atoms with Crippen LogP contribution in [0.2, 0.25) is 0 Å². The first kappa shape index (κ1) is 21.8. The zero-order valence-corrected chi connectivity index (χ0v) is 17.0. The van der Waals surface area contributed by atoms with Gasteiger partial charge in [0.05, 0.1) is 18.8 Å². The molecule has 1 unspecified atom stereocenters. The summed E-state index contributed by atoms with van der Waals surface area (Å²) in [5.41, 5.74) is 0.421. The van der Waals surface area contributed by atoms with Gasteiger partial charge in [0, 0.05) is 25.1 Å². The number of halogens is 1. The maximum atomic E-state index is 13.8. The van der Waals surface area contributed by atoms with Crippen molar-refractivity contribution in [1.29, 1.82) is 0 Å². The van der Waals surface area contributed by atoms with E-state index in [1.807, 2.05) is 13.8 Å². The molecule has 0 aliphatic carbocycles. The molecule has 0 spiro atoms. The van der Waals surface area contributed by atoms with Gasteiger partial charge < -0.3 is 20.3 Å². The van der Waals surface area contributed by atoms with E-state index < -0.39 is 11.8 Å². The van der Waals surface area contributed by atoms with Gasteiger partial charge in [-0.1, -0.05) is 19.1 Å². The van der Waals surface area contributed by atoms with Gasteiger partial charge in [-0.05, 0) is 25.5 Å².